The molecule has 0 bridgehead atoms. The summed E-state index contributed by atoms with van der Waals surface area (Å²) >= 11 is 3.80. The van der Waals surface area contributed by atoms with E-state index in [0.717, 1.165) is 0 Å². The van der Waals surface area contributed by atoms with Crippen LogP contribution in [0.4, 0.5) is 0 Å². The van der Waals surface area contributed by atoms with Crippen molar-refractivity contribution in [1.29, 1.82) is 0 Å². The van der Waals surface area contributed by atoms with Crippen molar-refractivity contribution < 1.29 is 0 Å². The van der Waals surface area contributed by atoms with Gasteiger partial charge in [-0.25, -0.2) is 0 Å². The van der Waals surface area contributed by atoms with Crippen LogP contribution in [0, 0.1) is 0 Å². The van der Waals surface area contributed by atoms with Gasteiger partial charge in [0.25, 0.3) is 0 Å². The molecule has 0 radical (unpaired) electrons. The summed E-state index contributed by atoms with van der Waals surface area (Å²) in [5, 5.41) is 13.4. The van der Waals surface area contributed by atoms with Gasteiger partial charge in [-0.05, 0) is 47.2 Å². The zero-order valence-electron chi connectivity index (χ0n) is 20.7. The molecule has 4 heterocycles. The molecule has 0 aliphatic heterocycles. The smallest absolute Gasteiger partial charge is 0.0620 e. The molecule has 10 rings (SSSR count). The van der Waals surface area contributed by atoms with Crippen LogP contribution in [0.15, 0.2) is 115 Å². The molecule has 0 fully saturated rings. The molecule has 0 N–H and O–H groups in total. The van der Waals surface area contributed by atoms with E-state index in [0.29, 0.717) is 0 Å². The van der Waals surface area contributed by atoms with Crippen molar-refractivity contribution in [2.24, 2.45) is 0 Å². The van der Waals surface area contributed by atoms with Crippen LogP contribution in [0.25, 0.3) is 89.2 Å². The molecule has 3 heteroatoms. The third-order valence-corrected chi connectivity index (χ3v) is 10.8. The van der Waals surface area contributed by atoms with E-state index in [2.05, 4.69) is 120 Å². The Bertz CT molecular complexity index is 2660. The summed E-state index contributed by atoms with van der Waals surface area (Å²) in [6.45, 7) is 0. The zero-order chi connectivity index (χ0) is 25.2. The van der Waals surface area contributed by atoms with Crippen LogP contribution >= 0.6 is 22.7 Å². The number of benzene rings is 6. The van der Waals surface area contributed by atoms with E-state index in [9.17, 15) is 0 Å². The third kappa shape index (κ3) is 2.46. The predicted octanol–water partition coefficient (Wildman–Crippen LogP) is 11.3. The highest BCUT2D eigenvalue weighted by molar-refractivity contribution is 7.26. The molecule has 0 aliphatic rings. The molecule has 0 unspecified atom stereocenters. The Morgan fingerprint density at radius 1 is 0.333 bits per heavy atom. The number of thiophene rings is 2. The summed E-state index contributed by atoms with van der Waals surface area (Å²) in [6.07, 6.45) is 0. The number of hydrogen-bond donors (Lipinski definition) is 0. The van der Waals surface area contributed by atoms with Crippen molar-refractivity contribution >= 4 is 112 Å². The number of nitrogens with zero attached hydrogens (tertiary/aromatic N) is 1. The van der Waals surface area contributed by atoms with Gasteiger partial charge >= 0.3 is 0 Å². The van der Waals surface area contributed by atoms with Gasteiger partial charge < -0.3 is 4.40 Å². The van der Waals surface area contributed by atoms with Crippen LogP contribution in [0.2, 0.25) is 0 Å². The van der Waals surface area contributed by atoms with Crippen molar-refractivity contribution in [1.82, 2.24) is 4.40 Å². The van der Waals surface area contributed by atoms with E-state index in [4.69, 9.17) is 0 Å². The predicted molar refractivity (Wildman–Crippen MR) is 173 cm³/mol. The van der Waals surface area contributed by atoms with E-state index in [1.54, 1.807) is 0 Å². The monoisotopic (exact) mass is 529 g/mol. The Labute approximate surface area is 230 Å². The average molecular weight is 530 g/mol. The Hall–Kier alpha value is -4.44. The van der Waals surface area contributed by atoms with Crippen LogP contribution in [-0.2, 0) is 0 Å². The SMILES string of the molecule is c1ccc2c(c1)sc1ccc3c(c4cccc5c6cccc7sc8cccc(c9ccccc9n3c54)c8c76)c12. The standard InChI is InChI=1S/C36H19NS2/c1-3-14-26-20(8-1)21-10-6-16-29-33(21)34-22(11-7-17-30(34)39-29)23-12-5-13-25-32-27(37(26)36(23)25)18-19-31-35(32)24-9-2-4-15-28(24)38-31/h1-19H. The summed E-state index contributed by atoms with van der Waals surface area (Å²) < 4.78 is 7.94. The Morgan fingerprint density at radius 2 is 0.872 bits per heavy atom. The zero-order valence-corrected chi connectivity index (χ0v) is 22.4. The summed E-state index contributed by atoms with van der Waals surface area (Å²) in [6, 6.07) is 43.1. The van der Waals surface area contributed by atoms with Gasteiger partial charge in [0.15, 0.2) is 0 Å². The number of rotatable bonds is 0. The highest BCUT2D eigenvalue weighted by Crippen LogP contribution is 2.47. The van der Waals surface area contributed by atoms with Crippen molar-refractivity contribution in [3.8, 4) is 0 Å². The van der Waals surface area contributed by atoms with Crippen LogP contribution in [0.1, 0.15) is 0 Å². The minimum absolute atomic E-state index is 1.24. The van der Waals surface area contributed by atoms with Gasteiger partial charge in [0.05, 0.1) is 16.6 Å². The van der Waals surface area contributed by atoms with E-state index < -0.39 is 0 Å². The molecule has 39 heavy (non-hydrogen) atoms. The fourth-order valence-corrected chi connectivity index (χ4v) is 9.32. The molecule has 0 spiro atoms. The van der Waals surface area contributed by atoms with Crippen molar-refractivity contribution in [2.75, 3.05) is 0 Å². The third-order valence-electron chi connectivity index (χ3n) is 8.54. The molecule has 0 amide bonds. The van der Waals surface area contributed by atoms with Gasteiger partial charge in [-0.3, -0.25) is 0 Å². The molecule has 6 aromatic carbocycles. The van der Waals surface area contributed by atoms with Gasteiger partial charge in [0, 0.05) is 61.9 Å². The first-order chi connectivity index (χ1) is 19.4. The number of aromatic nitrogens is 1. The fraction of sp³-hybridized carbons (Fsp3) is 0. The van der Waals surface area contributed by atoms with Gasteiger partial charge in [-0.2, -0.15) is 0 Å². The summed E-state index contributed by atoms with van der Waals surface area (Å²) in [4.78, 5) is 0. The minimum Gasteiger partial charge on any atom is -0.308 e. The summed E-state index contributed by atoms with van der Waals surface area (Å²) in [5.74, 6) is 0. The maximum atomic E-state index is 2.55. The summed E-state index contributed by atoms with van der Waals surface area (Å²) in [7, 11) is 0. The first-order valence-corrected chi connectivity index (χ1v) is 14.9. The number of para-hydroxylation sites is 2. The van der Waals surface area contributed by atoms with Crippen molar-refractivity contribution in [3.05, 3.63) is 115 Å². The maximum Gasteiger partial charge on any atom is 0.0620 e. The molecular formula is C36H19NS2. The second-order valence-electron chi connectivity index (χ2n) is 10.4. The molecule has 1 nitrogen and oxygen atoms in total. The highest BCUT2D eigenvalue weighted by Gasteiger charge is 2.20. The van der Waals surface area contributed by atoms with Crippen LogP contribution in [0.3, 0.4) is 0 Å². The normalized spacial score (nSPS) is 12.6. The van der Waals surface area contributed by atoms with E-state index in [-0.39, 0.29) is 0 Å². The van der Waals surface area contributed by atoms with Crippen LogP contribution < -0.4 is 0 Å². The molecular weight excluding hydrogens is 511 g/mol. The lowest BCUT2D eigenvalue weighted by Crippen LogP contribution is -1.86. The molecule has 0 aliphatic carbocycles. The molecule has 0 saturated heterocycles. The molecule has 0 atom stereocenters. The summed E-state index contributed by atoms with van der Waals surface area (Å²) in [5.41, 5.74) is 3.80. The highest BCUT2D eigenvalue weighted by atomic mass is 32.1. The van der Waals surface area contributed by atoms with Crippen LogP contribution in [0.5, 0.6) is 0 Å². The second-order valence-corrected chi connectivity index (χ2v) is 12.6. The van der Waals surface area contributed by atoms with Crippen molar-refractivity contribution in [2.45, 2.75) is 0 Å². The Balaban J connectivity index is 1.67. The van der Waals surface area contributed by atoms with E-state index >= 15 is 0 Å². The lowest BCUT2D eigenvalue weighted by molar-refractivity contribution is 1.36. The number of hydrogen-bond acceptors (Lipinski definition) is 2. The molecule has 180 valence electrons. The Morgan fingerprint density at radius 3 is 1.72 bits per heavy atom. The van der Waals surface area contributed by atoms with Gasteiger partial charge in [0.2, 0.25) is 0 Å². The van der Waals surface area contributed by atoms with E-state index in [1.165, 1.54) is 89.2 Å². The van der Waals surface area contributed by atoms with Crippen LogP contribution in [-0.4, -0.2) is 4.40 Å². The Kier molecular flexibility index (Phi) is 3.76. The lowest BCUT2D eigenvalue weighted by atomic mass is 10.00. The number of fused-ring (bicyclic) bond motifs is 11. The molecule has 10 aromatic rings. The van der Waals surface area contributed by atoms with Gasteiger partial charge in [0.1, 0.15) is 0 Å². The fourth-order valence-electron chi connectivity index (χ4n) is 7.05. The van der Waals surface area contributed by atoms with Gasteiger partial charge in [-0.1, -0.05) is 78.9 Å². The second kappa shape index (κ2) is 7.15. The molecule has 0 saturated carbocycles. The largest absolute Gasteiger partial charge is 0.308 e. The first-order valence-electron chi connectivity index (χ1n) is 13.3. The quantitative estimate of drug-likeness (QED) is 0.184. The van der Waals surface area contributed by atoms with E-state index in [1.807, 2.05) is 22.7 Å². The topological polar surface area (TPSA) is 4.41 Å². The average Bonchev–Trinajstić information content (AvgIpc) is 3.66. The van der Waals surface area contributed by atoms with Crippen molar-refractivity contribution in [3.63, 3.8) is 0 Å². The maximum absolute atomic E-state index is 2.55. The van der Waals surface area contributed by atoms with Gasteiger partial charge in [-0.15, -0.1) is 22.7 Å². The lowest BCUT2D eigenvalue weighted by Gasteiger charge is -2.04. The first kappa shape index (κ1) is 20.5. The molecule has 4 aromatic heterocycles. The minimum atomic E-state index is 1.24.